The number of nitrogens with zero attached hydrogens (tertiary/aromatic N) is 4. The first-order chi connectivity index (χ1) is 11.7. The summed E-state index contributed by atoms with van der Waals surface area (Å²) >= 11 is 0. The predicted molar refractivity (Wildman–Crippen MR) is 92.0 cm³/mol. The molecule has 2 aromatic rings. The summed E-state index contributed by atoms with van der Waals surface area (Å²) in [6, 6.07) is 8.09. The Morgan fingerprint density at radius 1 is 1.42 bits per heavy atom. The Labute approximate surface area is 142 Å². The summed E-state index contributed by atoms with van der Waals surface area (Å²) in [4.78, 5) is 24.8. The van der Waals surface area contributed by atoms with Crippen molar-refractivity contribution in [3.8, 4) is 5.75 Å². The lowest BCUT2D eigenvalue weighted by molar-refractivity contribution is -0.130. The van der Waals surface area contributed by atoms with Gasteiger partial charge in [0.05, 0.1) is 25.9 Å². The zero-order valence-corrected chi connectivity index (χ0v) is 14.1. The van der Waals surface area contributed by atoms with Crippen LogP contribution in [-0.2, 0) is 4.79 Å². The molecule has 6 heteroatoms. The molecule has 1 aliphatic heterocycles. The van der Waals surface area contributed by atoms with Crippen LogP contribution in [0, 0.1) is 0 Å². The van der Waals surface area contributed by atoms with Crippen LogP contribution in [0.3, 0.4) is 0 Å². The van der Waals surface area contributed by atoms with Gasteiger partial charge >= 0.3 is 0 Å². The van der Waals surface area contributed by atoms with Gasteiger partial charge < -0.3 is 14.5 Å². The van der Waals surface area contributed by atoms with Crippen molar-refractivity contribution in [1.82, 2.24) is 14.9 Å². The normalized spacial score (nSPS) is 16.9. The second-order valence-electron chi connectivity index (χ2n) is 5.94. The van der Waals surface area contributed by atoms with Gasteiger partial charge in [-0.3, -0.25) is 9.78 Å². The molecular formula is C18H22N4O2. The Bertz CT molecular complexity index is 692. The quantitative estimate of drug-likeness (QED) is 0.844. The fourth-order valence-electron chi connectivity index (χ4n) is 3.12. The van der Waals surface area contributed by atoms with Crippen LogP contribution in [0.25, 0.3) is 0 Å². The lowest BCUT2D eigenvalue weighted by Gasteiger charge is -2.28. The van der Waals surface area contributed by atoms with Crippen molar-refractivity contribution in [3.05, 3.63) is 48.4 Å². The molecule has 0 saturated carbocycles. The third kappa shape index (κ3) is 3.48. The molecule has 1 aromatic carbocycles. The highest BCUT2D eigenvalue weighted by Crippen LogP contribution is 2.33. The van der Waals surface area contributed by atoms with Crippen LogP contribution < -0.4 is 9.64 Å². The molecule has 0 bridgehead atoms. The van der Waals surface area contributed by atoms with E-state index in [-0.39, 0.29) is 11.9 Å². The average Bonchev–Trinajstić information content (AvgIpc) is 3.12. The highest BCUT2D eigenvalue weighted by atomic mass is 16.5. The van der Waals surface area contributed by atoms with Gasteiger partial charge in [0.15, 0.2) is 0 Å². The van der Waals surface area contributed by atoms with Crippen LogP contribution in [-0.4, -0.2) is 48.0 Å². The molecule has 0 spiro atoms. The first-order valence-electron chi connectivity index (χ1n) is 8.09. The second-order valence-corrected chi connectivity index (χ2v) is 5.94. The van der Waals surface area contributed by atoms with E-state index in [1.165, 1.54) is 0 Å². The number of methoxy groups -OCH3 is 1. The molecule has 24 heavy (non-hydrogen) atoms. The fraction of sp³-hybridized carbons (Fsp3) is 0.389. The molecule has 1 saturated heterocycles. The lowest BCUT2D eigenvalue weighted by Crippen LogP contribution is -2.39. The molecule has 126 valence electrons. The third-order valence-corrected chi connectivity index (χ3v) is 4.36. The van der Waals surface area contributed by atoms with Gasteiger partial charge in [-0.2, -0.15) is 0 Å². The first kappa shape index (κ1) is 16.2. The minimum atomic E-state index is 0.105. The topological polar surface area (TPSA) is 58.6 Å². The van der Waals surface area contributed by atoms with Crippen molar-refractivity contribution in [2.75, 3.05) is 32.1 Å². The molecule has 2 heterocycles. The molecule has 1 aromatic heterocycles. The summed E-state index contributed by atoms with van der Waals surface area (Å²) in [6.07, 6.45) is 6.91. The minimum Gasteiger partial charge on any atom is -0.497 e. The van der Waals surface area contributed by atoms with Gasteiger partial charge in [-0.25, -0.2) is 4.98 Å². The number of hydrogen-bond acceptors (Lipinski definition) is 5. The van der Waals surface area contributed by atoms with E-state index in [2.05, 4.69) is 16.0 Å². The van der Waals surface area contributed by atoms with Gasteiger partial charge in [0.1, 0.15) is 11.6 Å². The largest absolute Gasteiger partial charge is 0.497 e. The number of hydrogen-bond donors (Lipinski definition) is 0. The van der Waals surface area contributed by atoms with Gasteiger partial charge in [-0.05, 0) is 30.5 Å². The summed E-state index contributed by atoms with van der Waals surface area (Å²) in [5.41, 5.74) is 1.13. The van der Waals surface area contributed by atoms with Crippen molar-refractivity contribution in [3.63, 3.8) is 0 Å². The van der Waals surface area contributed by atoms with E-state index in [0.717, 1.165) is 30.7 Å². The third-order valence-electron chi connectivity index (χ3n) is 4.36. The molecule has 0 radical (unpaired) electrons. The molecule has 1 atom stereocenters. The second kappa shape index (κ2) is 7.29. The summed E-state index contributed by atoms with van der Waals surface area (Å²) in [6.45, 7) is 1.08. The number of rotatable bonds is 5. The van der Waals surface area contributed by atoms with Gasteiger partial charge in [0.25, 0.3) is 0 Å². The zero-order chi connectivity index (χ0) is 16.9. The summed E-state index contributed by atoms with van der Waals surface area (Å²) in [5.74, 6) is 1.62. The minimum absolute atomic E-state index is 0.105. The Morgan fingerprint density at radius 3 is 3.04 bits per heavy atom. The van der Waals surface area contributed by atoms with Crippen molar-refractivity contribution >= 4 is 11.7 Å². The van der Waals surface area contributed by atoms with E-state index >= 15 is 0 Å². The average molecular weight is 326 g/mol. The predicted octanol–water partition coefficient (Wildman–Crippen LogP) is 2.29. The van der Waals surface area contributed by atoms with Crippen molar-refractivity contribution in [1.29, 1.82) is 0 Å². The van der Waals surface area contributed by atoms with Gasteiger partial charge in [0.2, 0.25) is 5.91 Å². The molecule has 0 N–H and O–H groups in total. The van der Waals surface area contributed by atoms with Crippen molar-refractivity contribution in [2.24, 2.45) is 0 Å². The maximum atomic E-state index is 12.8. The van der Waals surface area contributed by atoms with Gasteiger partial charge in [-0.15, -0.1) is 0 Å². The fourth-order valence-corrected chi connectivity index (χ4v) is 3.12. The van der Waals surface area contributed by atoms with E-state index in [0.29, 0.717) is 12.4 Å². The number of anilines is 1. The lowest BCUT2D eigenvalue weighted by atomic mass is 10.0. The molecule has 3 rings (SSSR count). The Hall–Kier alpha value is -2.63. The maximum Gasteiger partial charge on any atom is 0.242 e. The van der Waals surface area contributed by atoms with Crippen LogP contribution in [0.15, 0.2) is 42.9 Å². The zero-order valence-electron chi connectivity index (χ0n) is 14.1. The molecule has 1 amide bonds. The SMILES string of the molecule is COc1cccc([C@H]2CCCN2C(=O)CN(C)c2cnccn2)c1. The summed E-state index contributed by atoms with van der Waals surface area (Å²) < 4.78 is 5.31. The molecular weight excluding hydrogens is 304 g/mol. The number of carbonyl (C=O) groups is 1. The number of aromatic nitrogens is 2. The standard InChI is InChI=1S/C18H22N4O2/c1-21(17-12-19-8-9-20-17)13-18(23)22-10-4-7-16(22)14-5-3-6-15(11-14)24-2/h3,5-6,8-9,11-12,16H,4,7,10,13H2,1-2H3/t16-/m1/s1. The van der Waals surface area contributed by atoms with Crippen molar-refractivity contribution in [2.45, 2.75) is 18.9 Å². The van der Waals surface area contributed by atoms with E-state index in [1.54, 1.807) is 25.7 Å². The molecule has 0 aliphatic carbocycles. The highest BCUT2D eigenvalue weighted by molar-refractivity contribution is 5.81. The first-order valence-corrected chi connectivity index (χ1v) is 8.09. The monoisotopic (exact) mass is 326 g/mol. The van der Waals surface area contributed by atoms with Gasteiger partial charge in [-0.1, -0.05) is 12.1 Å². The van der Waals surface area contributed by atoms with E-state index in [1.807, 2.05) is 35.0 Å². The number of likely N-dealkylation sites (tertiary alicyclic amines) is 1. The van der Waals surface area contributed by atoms with Crippen LogP contribution >= 0.6 is 0 Å². The van der Waals surface area contributed by atoms with Crippen LogP contribution in [0.1, 0.15) is 24.4 Å². The Morgan fingerprint density at radius 2 is 2.29 bits per heavy atom. The van der Waals surface area contributed by atoms with Crippen LogP contribution in [0.5, 0.6) is 5.75 Å². The molecule has 6 nitrogen and oxygen atoms in total. The van der Waals surface area contributed by atoms with Crippen LogP contribution in [0.4, 0.5) is 5.82 Å². The van der Waals surface area contributed by atoms with Crippen molar-refractivity contribution < 1.29 is 9.53 Å². The molecule has 1 aliphatic rings. The summed E-state index contributed by atoms with van der Waals surface area (Å²) in [5, 5.41) is 0. The van der Waals surface area contributed by atoms with E-state index in [9.17, 15) is 4.79 Å². The summed E-state index contributed by atoms with van der Waals surface area (Å²) in [7, 11) is 3.52. The van der Waals surface area contributed by atoms with Gasteiger partial charge in [0, 0.05) is 26.0 Å². The maximum absolute atomic E-state index is 12.8. The number of carbonyl (C=O) groups excluding carboxylic acids is 1. The number of ether oxygens (including phenoxy) is 1. The molecule has 1 fully saturated rings. The number of benzene rings is 1. The van der Waals surface area contributed by atoms with Crippen LogP contribution in [0.2, 0.25) is 0 Å². The Kier molecular flexibility index (Phi) is 4.93. The smallest absolute Gasteiger partial charge is 0.242 e. The number of likely N-dealkylation sites (N-methyl/N-ethyl adjacent to an activating group) is 1. The highest BCUT2D eigenvalue weighted by Gasteiger charge is 2.30. The number of amides is 1. The Balaban J connectivity index is 1.71. The molecule has 0 unspecified atom stereocenters. The van der Waals surface area contributed by atoms with E-state index < -0.39 is 0 Å². The van der Waals surface area contributed by atoms with E-state index in [4.69, 9.17) is 4.74 Å².